The van der Waals surface area contributed by atoms with Gasteiger partial charge >= 0.3 is 0 Å². The van der Waals surface area contributed by atoms with E-state index in [1.165, 1.54) is 6.42 Å². The minimum atomic E-state index is -0.646. The van der Waals surface area contributed by atoms with Crippen LogP contribution in [0.3, 0.4) is 0 Å². The molecule has 0 bridgehead atoms. The van der Waals surface area contributed by atoms with E-state index >= 15 is 0 Å². The van der Waals surface area contributed by atoms with E-state index in [1.807, 2.05) is 24.3 Å². The molecule has 1 aromatic rings. The summed E-state index contributed by atoms with van der Waals surface area (Å²) in [5, 5.41) is 3.18. The van der Waals surface area contributed by atoms with Crippen LogP contribution < -0.4 is 5.32 Å². The molecule has 1 saturated carbocycles. The van der Waals surface area contributed by atoms with Crippen molar-refractivity contribution >= 4 is 39.3 Å². The lowest BCUT2D eigenvalue weighted by molar-refractivity contribution is -0.139. The average molecular weight is 444 g/mol. The van der Waals surface area contributed by atoms with Crippen molar-refractivity contribution in [1.29, 1.82) is 0 Å². The SMILES string of the molecule is CCCCN(C(=O)CCl)[C@H](C(=O)NC1CCCCC1)c1cccc(Br)c1. The normalized spacial score (nSPS) is 16.1. The van der Waals surface area contributed by atoms with Crippen LogP contribution in [0.5, 0.6) is 0 Å². The van der Waals surface area contributed by atoms with Gasteiger partial charge in [0.05, 0.1) is 0 Å². The third-order valence-corrected chi connectivity index (χ3v) is 5.59. The molecule has 0 aliphatic heterocycles. The molecule has 4 nitrogen and oxygen atoms in total. The highest BCUT2D eigenvalue weighted by Gasteiger charge is 2.32. The van der Waals surface area contributed by atoms with Crippen molar-refractivity contribution in [2.45, 2.75) is 64.0 Å². The van der Waals surface area contributed by atoms with Crippen LogP contribution in [-0.2, 0) is 9.59 Å². The molecule has 0 aromatic heterocycles. The van der Waals surface area contributed by atoms with Gasteiger partial charge in [0.2, 0.25) is 11.8 Å². The Bertz CT molecular complexity index is 605. The topological polar surface area (TPSA) is 49.4 Å². The fraction of sp³-hybridized carbons (Fsp3) is 0.600. The fourth-order valence-corrected chi connectivity index (χ4v) is 4.05. The van der Waals surface area contributed by atoms with Crippen molar-refractivity contribution in [3.63, 3.8) is 0 Å². The van der Waals surface area contributed by atoms with Gasteiger partial charge in [-0.2, -0.15) is 0 Å². The number of carbonyl (C=O) groups is 2. The molecule has 26 heavy (non-hydrogen) atoms. The zero-order valence-corrected chi connectivity index (χ0v) is 17.7. The Balaban J connectivity index is 2.29. The first kappa shape index (κ1) is 21.2. The van der Waals surface area contributed by atoms with E-state index < -0.39 is 6.04 Å². The molecule has 1 atom stereocenters. The second-order valence-corrected chi connectivity index (χ2v) is 8.06. The summed E-state index contributed by atoms with van der Waals surface area (Å²) in [6.45, 7) is 2.59. The largest absolute Gasteiger partial charge is 0.351 e. The van der Waals surface area contributed by atoms with Crippen LogP contribution in [0.1, 0.15) is 63.5 Å². The van der Waals surface area contributed by atoms with Crippen LogP contribution in [0.25, 0.3) is 0 Å². The summed E-state index contributed by atoms with van der Waals surface area (Å²) in [7, 11) is 0. The highest BCUT2D eigenvalue weighted by atomic mass is 79.9. The summed E-state index contributed by atoms with van der Waals surface area (Å²) in [6.07, 6.45) is 7.32. The lowest BCUT2D eigenvalue weighted by Gasteiger charge is -2.33. The number of alkyl halides is 1. The number of rotatable bonds is 8. The molecule has 0 spiro atoms. The zero-order valence-electron chi connectivity index (χ0n) is 15.3. The van der Waals surface area contributed by atoms with Crippen LogP contribution in [0.2, 0.25) is 0 Å². The number of amides is 2. The Morgan fingerprint density at radius 3 is 2.65 bits per heavy atom. The van der Waals surface area contributed by atoms with E-state index in [0.717, 1.165) is 48.6 Å². The number of hydrogen-bond donors (Lipinski definition) is 1. The maximum Gasteiger partial charge on any atom is 0.247 e. The molecule has 1 aliphatic carbocycles. The molecule has 1 fully saturated rings. The Hall–Kier alpha value is -1.07. The quantitative estimate of drug-likeness (QED) is 0.586. The molecule has 6 heteroatoms. The van der Waals surface area contributed by atoms with Crippen LogP contribution in [0, 0.1) is 0 Å². The lowest BCUT2D eigenvalue weighted by atomic mass is 9.94. The minimum Gasteiger partial charge on any atom is -0.351 e. The summed E-state index contributed by atoms with van der Waals surface area (Å²) in [4.78, 5) is 27.3. The standard InChI is InChI=1S/C20H28BrClN2O2/c1-2-3-12-24(18(25)14-22)19(15-8-7-9-16(21)13-15)20(26)23-17-10-5-4-6-11-17/h7-9,13,17,19H,2-6,10-12,14H2,1H3,(H,23,26)/t19-/m0/s1. The van der Waals surface area contributed by atoms with Crippen LogP contribution in [0.4, 0.5) is 0 Å². The van der Waals surface area contributed by atoms with Gasteiger partial charge < -0.3 is 10.2 Å². The highest BCUT2D eigenvalue weighted by molar-refractivity contribution is 9.10. The van der Waals surface area contributed by atoms with Gasteiger partial charge in [0.1, 0.15) is 11.9 Å². The fourth-order valence-electron chi connectivity index (χ4n) is 3.48. The summed E-state index contributed by atoms with van der Waals surface area (Å²) >= 11 is 9.33. The molecule has 1 aromatic carbocycles. The van der Waals surface area contributed by atoms with Gasteiger partial charge in [0.25, 0.3) is 0 Å². The van der Waals surface area contributed by atoms with E-state index in [1.54, 1.807) is 4.90 Å². The third kappa shape index (κ3) is 5.98. The van der Waals surface area contributed by atoms with Gasteiger partial charge in [-0.25, -0.2) is 0 Å². The minimum absolute atomic E-state index is 0.107. The second kappa shape index (κ2) is 10.9. The molecule has 0 heterocycles. The molecule has 0 unspecified atom stereocenters. The number of nitrogens with one attached hydrogen (secondary N) is 1. The van der Waals surface area contributed by atoms with Gasteiger partial charge in [-0.05, 0) is 37.0 Å². The Morgan fingerprint density at radius 2 is 2.04 bits per heavy atom. The van der Waals surface area contributed by atoms with Crippen molar-refractivity contribution in [1.82, 2.24) is 10.2 Å². The molecular weight excluding hydrogens is 416 g/mol. The van der Waals surface area contributed by atoms with Crippen molar-refractivity contribution in [2.24, 2.45) is 0 Å². The van der Waals surface area contributed by atoms with Gasteiger partial charge in [-0.15, -0.1) is 11.6 Å². The zero-order chi connectivity index (χ0) is 18.9. The smallest absolute Gasteiger partial charge is 0.247 e. The first-order chi connectivity index (χ1) is 12.6. The molecule has 2 rings (SSSR count). The predicted octanol–water partition coefficient (Wildman–Crippen LogP) is 4.81. The Morgan fingerprint density at radius 1 is 1.31 bits per heavy atom. The maximum absolute atomic E-state index is 13.2. The maximum atomic E-state index is 13.2. The van der Waals surface area contributed by atoms with Gasteiger partial charge in [0, 0.05) is 17.1 Å². The van der Waals surface area contributed by atoms with Gasteiger partial charge in [-0.3, -0.25) is 9.59 Å². The van der Waals surface area contributed by atoms with Crippen LogP contribution >= 0.6 is 27.5 Å². The van der Waals surface area contributed by atoms with Crippen molar-refractivity contribution in [3.8, 4) is 0 Å². The lowest BCUT2D eigenvalue weighted by Crippen LogP contribution is -2.47. The van der Waals surface area contributed by atoms with Crippen molar-refractivity contribution < 1.29 is 9.59 Å². The molecule has 2 amide bonds. The van der Waals surface area contributed by atoms with Gasteiger partial charge in [-0.1, -0.05) is 60.7 Å². The van der Waals surface area contributed by atoms with Crippen molar-refractivity contribution in [3.05, 3.63) is 34.3 Å². The number of benzene rings is 1. The molecule has 0 saturated heterocycles. The third-order valence-electron chi connectivity index (χ3n) is 4.86. The molecule has 0 radical (unpaired) electrons. The second-order valence-electron chi connectivity index (χ2n) is 6.88. The Kier molecular flexibility index (Phi) is 8.93. The average Bonchev–Trinajstić information content (AvgIpc) is 2.65. The van der Waals surface area contributed by atoms with E-state index in [2.05, 4.69) is 28.2 Å². The number of unbranched alkanes of at least 4 members (excludes halogenated alkanes) is 1. The Labute approximate surface area is 169 Å². The molecule has 1 N–H and O–H groups in total. The van der Waals surface area contributed by atoms with Gasteiger partial charge in [0.15, 0.2) is 0 Å². The number of halogens is 2. The summed E-state index contributed by atoms with van der Waals surface area (Å²) in [5.41, 5.74) is 0.808. The van der Waals surface area contributed by atoms with Crippen LogP contribution in [0.15, 0.2) is 28.7 Å². The molecule has 144 valence electrons. The summed E-state index contributed by atoms with van der Waals surface area (Å²) < 4.78 is 0.888. The first-order valence-corrected chi connectivity index (χ1v) is 10.8. The highest BCUT2D eigenvalue weighted by Crippen LogP contribution is 2.26. The van der Waals surface area contributed by atoms with E-state index in [4.69, 9.17) is 11.6 Å². The monoisotopic (exact) mass is 442 g/mol. The van der Waals surface area contributed by atoms with Crippen molar-refractivity contribution in [2.75, 3.05) is 12.4 Å². The number of nitrogens with zero attached hydrogens (tertiary/aromatic N) is 1. The number of hydrogen-bond acceptors (Lipinski definition) is 2. The number of carbonyl (C=O) groups excluding carboxylic acids is 2. The first-order valence-electron chi connectivity index (χ1n) is 9.48. The molecular formula is C20H28BrClN2O2. The van der Waals surface area contributed by atoms with E-state index in [-0.39, 0.29) is 23.7 Å². The van der Waals surface area contributed by atoms with E-state index in [9.17, 15) is 9.59 Å². The molecule has 1 aliphatic rings. The summed E-state index contributed by atoms with van der Waals surface area (Å²) in [6, 6.07) is 7.17. The summed E-state index contributed by atoms with van der Waals surface area (Å²) in [5.74, 6) is -0.432. The predicted molar refractivity (Wildman–Crippen MR) is 109 cm³/mol. The van der Waals surface area contributed by atoms with E-state index in [0.29, 0.717) is 6.54 Å². The van der Waals surface area contributed by atoms with Crippen LogP contribution in [-0.4, -0.2) is 35.2 Å².